The van der Waals surface area contributed by atoms with Gasteiger partial charge >= 0.3 is 0 Å². The third kappa shape index (κ3) is 4.07. The predicted octanol–water partition coefficient (Wildman–Crippen LogP) is 1.70. The number of para-hydroxylation sites is 1. The van der Waals surface area contributed by atoms with Gasteiger partial charge in [-0.15, -0.1) is 0 Å². The van der Waals surface area contributed by atoms with E-state index in [0.717, 1.165) is 5.56 Å². The van der Waals surface area contributed by atoms with Gasteiger partial charge in [0.1, 0.15) is 5.75 Å². The van der Waals surface area contributed by atoms with Crippen LogP contribution in [0.2, 0.25) is 0 Å². The van der Waals surface area contributed by atoms with E-state index in [9.17, 15) is 9.59 Å². The van der Waals surface area contributed by atoms with Crippen LogP contribution in [0.3, 0.4) is 0 Å². The number of hydrogen-bond acceptors (Lipinski definition) is 3. The number of carbonyl (C=O) groups excluding carboxylic acids is 2. The first kappa shape index (κ1) is 14.6. The molecule has 0 aromatic heterocycles. The molecule has 0 heterocycles. The molecule has 5 nitrogen and oxygen atoms in total. The van der Waals surface area contributed by atoms with Crippen LogP contribution in [0.15, 0.2) is 54.6 Å². The lowest BCUT2D eigenvalue weighted by molar-refractivity contribution is -0.121. The molecule has 0 aliphatic carbocycles. The van der Waals surface area contributed by atoms with E-state index in [1.807, 2.05) is 18.2 Å². The van der Waals surface area contributed by atoms with E-state index in [1.54, 1.807) is 43.5 Å². The summed E-state index contributed by atoms with van der Waals surface area (Å²) in [6.07, 6.45) is 0.124. The largest absolute Gasteiger partial charge is 0.496 e. The quantitative estimate of drug-likeness (QED) is 0.840. The fourth-order valence-electron chi connectivity index (χ4n) is 1.85. The number of methoxy groups -OCH3 is 1. The fourth-order valence-corrected chi connectivity index (χ4v) is 1.85. The van der Waals surface area contributed by atoms with E-state index < -0.39 is 0 Å². The Hall–Kier alpha value is -2.82. The maximum Gasteiger partial charge on any atom is 0.269 e. The molecule has 0 saturated carbocycles. The third-order valence-corrected chi connectivity index (χ3v) is 2.89. The molecule has 0 radical (unpaired) electrons. The van der Waals surface area contributed by atoms with Gasteiger partial charge in [0.2, 0.25) is 5.91 Å². The summed E-state index contributed by atoms with van der Waals surface area (Å²) in [7, 11) is 1.55. The van der Waals surface area contributed by atoms with Crippen molar-refractivity contribution in [2.75, 3.05) is 7.11 Å². The lowest BCUT2D eigenvalue weighted by Gasteiger charge is -2.09. The van der Waals surface area contributed by atoms with E-state index in [2.05, 4.69) is 10.9 Å². The maximum atomic E-state index is 11.8. The molecule has 0 spiro atoms. The summed E-state index contributed by atoms with van der Waals surface area (Å²) in [4.78, 5) is 23.6. The van der Waals surface area contributed by atoms with Crippen LogP contribution in [-0.4, -0.2) is 18.9 Å². The summed E-state index contributed by atoms with van der Waals surface area (Å²) >= 11 is 0. The zero-order valence-electron chi connectivity index (χ0n) is 11.6. The third-order valence-electron chi connectivity index (χ3n) is 2.89. The van der Waals surface area contributed by atoms with Crippen LogP contribution in [0.5, 0.6) is 5.75 Å². The van der Waals surface area contributed by atoms with Crippen LogP contribution in [0, 0.1) is 0 Å². The molecule has 2 amide bonds. The normalized spacial score (nSPS) is 9.76. The van der Waals surface area contributed by atoms with Crippen molar-refractivity contribution in [1.29, 1.82) is 0 Å². The summed E-state index contributed by atoms with van der Waals surface area (Å²) in [6, 6.07) is 15.9. The topological polar surface area (TPSA) is 67.4 Å². The van der Waals surface area contributed by atoms with Gasteiger partial charge in [0.15, 0.2) is 0 Å². The molecule has 2 rings (SSSR count). The Labute approximate surface area is 122 Å². The molecule has 21 heavy (non-hydrogen) atoms. The number of nitrogens with one attached hydrogen (secondary N) is 2. The number of benzene rings is 2. The Morgan fingerprint density at radius 3 is 2.33 bits per heavy atom. The summed E-state index contributed by atoms with van der Waals surface area (Å²) in [5.41, 5.74) is 6.00. The van der Waals surface area contributed by atoms with Crippen molar-refractivity contribution in [3.05, 3.63) is 65.7 Å². The molecule has 0 unspecified atom stereocenters. The zero-order chi connectivity index (χ0) is 15.1. The predicted molar refractivity (Wildman–Crippen MR) is 78.7 cm³/mol. The highest BCUT2D eigenvalue weighted by molar-refractivity contribution is 5.95. The number of rotatable bonds is 4. The van der Waals surface area contributed by atoms with E-state index in [0.29, 0.717) is 11.3 Å². The molecular weight excluding hydrogens is 268 g/mol. The second-order valence-corrected chi connectivity index (χ2v) is 4.36. The van der Waals surface area contributed by atoms with Crippen LogP contribution in [0.25, 0.3) is 0 Å². The van der Waals surface area contributed by atoms with Gasteiger partial charge in [0.05, 0.1) is 13.5 Å². The van der Waals surface area contributed by atoms with Gasteiger partial charge in [0.25, 0.3) is 5.91 Å². The number of ether oxygens (including phenoxy) is 1. The van der Waals surface area contributed by atoms with Gasteiger partial charge in [-0.05, 0) is 18.2 Å². The summed E-state index contributed by atoms with van der Waals surface area (Å²) in [5, 5.41) is 0. The van der Waals surface area contributed by atoms with Crippen LogP contribution >= 0.6 is 0 Å². The first-order valence-corrected chi connectivity index (χ1v) is 6.47. The Kier molecular flexibility index (Phi) is 4.93. The lowest BCUT2D eigenvalue weighted by atomic mass is 10.1. The van der Waals surface area contributed by atoms with Gasteiger partial charge in [-0.25, -0.2) is 0 Å². The highest BCUT2D eigenvalue weighted by atomic mass is 16.5. The minimum Gasteiger partial charge on any atom is -0.496 e. The monoisotopic (exact) mass is 284 g/mol. The smallest absolute Gasteiger partial charge is 0.269 e. The Morgan fingerprint density at radius 2 is 1.62 bits per heavy atom. The molecule has 0 aliphatic rings. The van der Waals surface area contributed by atoms with Crippen molar-refractivity contribution in [1.82, 2.24) is 10.9 Å². The average molecular weight is 284 g/mol. The fraction of sp³-hybridized carbons (Fsp3) is 0.125. The molecule has 0 saturated heterocycles. The van der Waals surface area contributed by atoms with Gasteiger partial charge in [-0.2, -0.15) is 0 Å². The van der Waals surface area contributed by atoms with E-state index in [-0.39, 0.29) is 18.2 Å². The molecule has 2 aromatic rings. The minimum atomic E-state index is -0.357. The van der Waals surface area contributed by atoms with Crippen molar-refractivity contribution >= 4 is 11.8 Å². The molecular formula is C16H16N2O3. The van der Waals surface area contributed by atoms with Crippen LogP contribution < -0.4 is 15.6 Å². The Morgan fingerprint density at radius 1 is 0.952 bits per heavy atom. The van der Waals surface area contributed by atoms with E-state index in [4.69, 9.17) is 4.74 Å². The van der Waals surface area contributed by atoms with Gasteiger partial charge in [0, 0.05) is 11.1 Å². The molecule has 108 valence electrons. The molecule has 2 aromatic carbocycles. The lowest BCUT2D eigenvalue weighted by Crippen LogP contribution is -2.42. The molecule has 0 bridgehead atoms. The standard InChI is InChI=1S/C16H16N2O3/c1-21-14-10-6-5-9-13(14)11-15(19)17-18-16(20)12-7-3-2-4-8-12/h2-10H,11H2,1H3,(H,17,19)(H,18,20). The highest BCUT2D eigenvalue weighted by Gasteiger charge is 2.10. The molecule has 2 N–H and O–H groups in total. The second-order valence-electron chi connectivity index (χ2n) is 4.36. The maximum absolute atomic E-state index is 11.8. The SMILES string of the molecule is COc1ccccc1CC(=O)NNC(=O)c1ccccc1. The van der Waals surface area contributed by atoms with Crippen molar-refractivity contribution in [2.24, 2.45) is 0 Å². The van der Waals surface area contributed by atoms with Crippen LogP contribution in [0.4, 0.5) is 0 Å². The Bertz CT molecular complexity index is 626. The van der Waals surface area contributed by atoms with Crippen molar-refractivity contribution < 1.29 is 14.3 Å². The van der Waals surface area contributed by atoms with Crippen molar-refractivity contribution in [3.63, 3.8) is 0 Å². The van der Waals surface area contributed by atoms with Crippen LogP contribution in [-0.2, 0) is 11.2 Å². The first-order valence-electron chi connectivity index (χ1n) is 6.47. The summed E-state index contributed by atoms with van der Waals surface area (Å²) in [6.45, 7) is 0. The molecule has 5 heteroatoms. The molecule has 0 aliphatic heterocycles. The molecule has 0 atom stereocenters. The van der Waals surface area contributed by atoms with E-state index in [1.165, 1.54) is 0 Å². The minimum absolute atomic E-state index is 0.124. The molecule has 0 fully saturated rings. The zero-order valence-corrected chi connectivity index (χ0v) is 11.6. The van der Waals surface area contributed by atoms with Gasteiger partial charge in [-0.3, -0.25) is 20.4 Å². The van der Waals surface area contributed by atoms with Crippen LogP contribution in [0.1, 0.15) is 15.9 Å². The number of hydrogen-bond donors (Lipinski definition) is 2. The Balaban J connectivity index is 1.89. The van der Waals surface area contributed by atoms with Crippen molar-refractivity contribution in [2.45, 2.75) is 6.42 Å². The van der Waals surface area contributed by atoms with Gasteiger partial charge < -0.3 is 4.74 Å². The van der Waals surface area contributed by atoms with E-state index >= 15 is 0 Å². The number of carbonyl (C=O) groups is 2. The van der Waals surface area contributed by atoms with Crippen molar-refractivity contribution in [3.8, 4) is 5.75 Å². The van der Waals surface area contributed by atoms with Gasteiger partial charge in [-0.1, -0.05) is 36.4 Å². The summed E-state index contributed by atoms with van der Waals surface area (Å²) < 4.78 is 5.17. The average Bonchev–Trinajstić information content (AvgIpc) is 2.54. The number of hydrazine groups is 1. The second kappa shape index (κ2) is 7.09. The summed E-state index contributed by atoms with van der Waals surface area (Å²) in [5.74, 6) is -0.0326. The first-order chi connectivity index (χ1) is 10.2. The number of amides is 2. The highest BCUT2D eigenvalue weighted by Crippen LogP contribution is 2.17.